The summed E-state index contributed by atoms with van der Waals surface area (Å²) in [7, 11) is 0. The molecular weight excluding hydrogens is 490 g/mol. The maximum Gasteiger partial charge on any atom is 0.257 e. The zero-order chi connectivity index (χ0) is 26.5. The Balaban J connectivity index is 1.34. The molecule has 1 aliphatic heterocycles. The first-order valence-electron chi connectivity index (χ1n) is 13.3. The van der Waals surface area contributed by atoms with Crippen molar-refractivity contribution in [3.63, 3.8) is 0 Å². The molecule has 0 spiro atoms. The second-order valence-electron chi connectivity index (χ2n) is 11.0. The summed E-state index contributed by atoms with van der Waals surface area (Å²) in [6.07, 6.45) is 2.02. The van der Waals surface area contributed by atoms with E-state index in [1.54, 1.807) is 18.2 Å². The second-order valence-corrected chi connectivity index (χ2v) is 12.1. The van der Waals surface area contributed by atoms with E-state index in [-0.39, 0.29) is 47.7 Å². The fourth-order valence-electron chi connectivity index (χ4n) is 6.81. The molecule has 2 aliphatic carbocycles. The number of hydrogen-bond acceptors (Lipinski definition) is 7. The lowest BCUT2D eigenvalue weighted by molar-refractivity contribution is -0.144. The van der Waals surface area contributed by atoms with Crippen molar-refractivity contribution in [2.24, 2.45) is 23.2 Å². The van der Waals surface area contributed by atoms with Crippen molar-refractivity contribution >= 4 is 28.3 Å². The Hall–Kier alpha value is -2.65. The third-order valence-electron chi connectivity index (χ3n) is 8.88. The molecule has 200 valence electrons. The first-order chi connectivity index (χ1) is 17.7. The minimum atomic E-state index is -0.579. The molecule has 1 fully saturated rings. The number of benzene rings is 1. The topological polar surface area (TPSA) is 101 Å². The third kappa shape index (κ3) is 4.50. The maximum atomic E-state index is 13.1. The minimum Gasteiger partial charge on any atom is -0.454 e. The van der Waals surface area contributed by atoms with Gasteiger partial charge in [0, 0.05) is 35.4 Å². The minimum absolute atomic E-state index is 0.00483. The van der Waals surface area contributed by atoms with Crippen LogP contribution in [0.3, 0.4) is 0 Å². The molecule has 1 aromatic heterocycles. The van der Waals surface area contributed by atoms with Crippen LogP contribution in [0.1, 0.15) is 74.3 Å². The van der Waals surface area contributed by atoms with Crippen LogP contribution in [0.5, 0.6) is 11.5 Å². The van der Waals surface area contributed by atoms with Gasteiger partial charge in [0.25, 0.3) is 5.91 Å². The Morgan fingerprint density at radius 1 is 1.27 bits per heavy atom. The molecule has 2 heterocycles. The van der Waals surface area contributed by atoms with Crippen molar-refractivity contribution in [1.29, 1.82) is 0 Å². The van der Waals surface area contributed by atoms with Gasteiger partial charge in [-0.25, -0.2) is 4.98 Å². The summed E-state index contributed by atoms with van der Waals surface area (Å²) in [4.78, 5) is 33.9. The summed E-state index contributed by atoms with van der Waals surface area (Å²) in [6.45, 7) is 11.9. The maximum absolute atomic E-state index is 13.1. The third-order valence-corrected chi connectivity index (χ3v) is 9.87. The molecular formula is C28H37N3O5S. The first-order valence-corrected chi connectivity index (χ1v) is 14.2. The van der Waals surface area contributed by atoms with Crippen LogP contribution in [-0.4, -0.2) is 52.8 Å². The van der Waals surface area contributed by atoms with Crippen molar-refractivity contribution in [1.82, 2.24) is 9.88 Å². The first kappa shape index (κ1) is 26.0. The summed E-state index contributed by atoms with van der Waals surface area (Å²) in [5.74, 6) is 0.817. The zero-order valence-corrected chi connectivity index (χ0v) is 23.1. The van der Waals surface area contributed by atoms with Crippen LogP contribution < -0.4 is 14.8 Å². The van der Waals surface area contributed by atoms with Crippen LogP contribution >= 0.6 is 11.3 Å². The molecule has 5 rings (SSSR count). The van der Waals surface area contributed by atoms with Gasteiger partial charge in [0.05, 0.1) is 11.8 Å². The highest BCUT2D eigenvalue weighted by molar-refractivity contribution is 7.15. The number of aliphatic hydroxyl groups excluding tert-OH is 1. The highest BCUT2D eigenvalue weighted by Gasteiger charge is 2.54. The molecule has 1 saturated carbocycles. The molecule has 9 heteroatoms. The van der Waals surface area contributed by atoms with Crippen LogP contribution in [0.25, 0.3) is 0 Å². The van der Waals surface area contributed by atoms with Gasteiger partial charge >= 0.3 is 0 Å². The number of carbonyl (C=O) groups is 2. The van der Waals surface area contributed by atoms with Crippen molar-refractivity contribution in [2.45, 2.75) is 65.9 Å². The smallest absolute Gasteiger partial charge is 0.257 e. The standard InChI is InChI=1S/C28H37N3O5S/c1-6-31(7-2)26(34)15(3)18-10-11-28(5)13-21-23(16(4)22(28)24(18)32)29-27(37-21)30-25(33)17-8-9-19-20(12-17)36-14-35-19/h8-9,12,15-16,18,22,24,32H,6-7,10-11,13-14H2,1-5H3,(H,29,30,33). The summed E-state index contributed by atoms with van der Waals surface area (Å²) in [5.41, 5.74) is 1.36. The van der Waals surface area contributed by atoms with Crippen LogP contribution in [0.4, 0.5) is 5.13 Å². The normalized spacial score (nSPS) is 28.7. The van der Waals surface area contributed by atoms with Gasteiger partial charge in [-0.05, 0) is 68.6 Å². The van der Waals surface area contributed by atoms with E-state index >= 15 is 0 Å². The number of amides is 2. The van der Waals surface area contributed by atoms with Crippen molar-refractivity contribution in [3.8, 4) is 11.5 Å². The number of fused-ring (bicyclic) bond motifs is 3. The van der Waals surface area contributed by atoms with Gasteiger partial charge in [-0.3, -0.25) is 14.9 Å². The molecule has 6 atom stereocenters. The molecule has 2 amide bonds. The number of aliphatic hydroxyl groups is 1. The van der Waals surface area contributed by atoms with Crippen LogP contribution in [0.2, 0.25) is 0 Å². The highest BCUT2D eigenvalue weighted by atomic mass is 32.1. The van der Waals surface area contributed by atoms with E-state index in [0.29, 0.717) is 35.3 Å². The van der Waals surface area contributed by atoms with Gasteiger partial charge in [-0.1, -0.05) is 20.8 Å². The average molecular weight is 528 g/mol. The Labute approximate surface area is 222 Å². The fourth-order valence-corrected chi connectivity index (χ4v) is 8.07. The van der Waals surface area contributed by atoms with Crippen LogP contribution in [-0.2, 0) is 11.2 Å². The number of aromatic nitrogens is 1. The van der Waals surface area contributed by atoms with Gasteiger partial charge in [-0.2, -0.15) is 0 Å². The average Bonchev–Trinajstić information content (AvgIpc) is 3.50. The van der Waals surface area contributed by atoms with Gasteiger partial charge in [0.2, 0.25) is 12.7 Å². The Morgan fingerprint density at radius 2 is 2.00 bits per heavy atom. The molecule has 1 aromatic carbocycles. The highest BCUT2D eigenvalue weighted by Crippen LogP contribution is 2.57. The summed E-state index contributed by atoms with van der Waals surface area (Å²) >= 11 is 1.52. The van der Waals surface area contributed by atoms with E-state index in [4.69, 9.17) is 14.5 Å². The Bertz CT molecular complexity index is 1190. The van der Waals surface area contributed by atoms with Crippen LogP contribution in [0, 0.1) is 23.2 Å². The number of rotatable bonds is 6. The number of nitrogens with zero attached hydrogens (tertiary/aromatic N) is 2. The van der Waals surface area contributed by atoms with E-state index < -0.39 is 6.10 Å². The monoisotopic (exact) mass is 527 g/mol. The molecule has 0 bridgehead atoms. The predicted octanol–water partition coefficient (Wildman–Crippen LogP) is 4.68. The van der Waals surface area contributed by atoms with Gasteiger partial charge < -0.3 is 19.5 Å². The van der Waals surface area contributed by atoms with E-state index in [1.165, 1.54) is 16.2 Å². The molecule has 37 heavy (non-hydrogen) atoms. The van der Waals surface area contributed by atoms with Crippen LogP contribution in [0.15, 0.2) is 18.2 Å². The molecule has 8 nitrogen and oxygen atoms in total. The Kier molecular flexibility index (Phi) is 6.96. The molecule has 0 saturated heterocycles. The zero-order valence-electron chi connectivity index (χ0n) is 22.2. The predicted molar refractivity (Wildman–Crippen MR) is 142 cm³/mol. The molecule has 6 unspecified atom stereocenters. The van der Waals surface area contributed by atoms with Gasteiger partial charge in [0.15, 0.2) is 16.6 Å². The van der Waals surface area contributed by atoms with Crippen molar-refractivity contribution in [3.05, 3.63) is 34.3 Å². The second kappa shape index (κ2) is 9.91. The molecule has 2 N–H and O–H groups in total. The number of nitrogens with one attached hydrogen (secondary N) is 1. The van der Waals surface area contributed by atoms with E-state index in [1.807, 2.05) is 25.7 Å². The van der Waals surface area contributed by atoms with E-state index in [0.717, 1.165) is 25.0 Å². The molecule has 0 radical (unpaired) electrons. The van der Waals surface area contributed by atoms with E-state index in [9.17, 15) is 14.7 Å². The summed E-state index contributed by atoms with van der Waals surface area (Å²) < 4.78 is 10.7. The van der Waals surface area contributed by atoms with E-state index in [2.05, 4.69) is 19.2 Å². The lowest BCUT2D eigenvalue weighted by atomic mass is 9.53. The van der Waals surface area contributed by atoms with Gasteiger partial charge in [0.1, 0.15) is 0 Å². The molecule has 2 aromatic rings. The quantitative estimate of drug-likeness (QED) is 0.566. The fraction of sp³-hybridized carbons (Fsp3) is 0.607. The number of hydrogen-bond donors (Lipinski definition) is 2. The lowest BCUT2D eigenvalue weighted by Gasteiger charge is -2.53. The lowest BCUT2D eigenvalue weighted by Crippen LogP contribution is -2.53. The van der Waals surface area contributed by atoms with Gasteiger partial charge in [-0.15, -0.1) is 11.3 Å². The largest absolute Gasteiger partial charge is 0.454 e. The number of thiazole rings is 1. The number of carbonyl (C=O) groups excluding carboxylic acids is 2. The summed E-state index contributed by atoms with van der Waals surface area (Å²) in [5, 5.41) is 15.2. The number of anilines is 1. The van der Waals surface area contributed by atoms with Crippen molar-refractivity contribution < 1.29 is 24.2 Å². The SMILES string of the molecule is CCN(CC)C(=O)C(C)C1CCC2(C)Cc3sc(NC(=O)c4ccc5c(c4)OCO5)nc3C(C)C2C1O. The summed E-state index contributed by atoms with van der Waals surface area (Å²) in [6, 6.07) is 5.13. The Morgan fingerprint density at radius 3 is 2.73 bits per heavy atom. The number of ether oxygens (including phenoxy) is 2. The van der Waals surface area contributed by atoms with Crippen molar-refractivity contribution in [2.75, 3.05) is 25.2 Å². The molecule has 3 aliphatic rings.